The average Bonchev–Trinajstić information content (AvgIpc) is 2.99. The largest absolute Gasteiger partial charge is 0.383 e. The van der Waals surface area contributed by atoms with Crippen LogP contribution in [0, 0.1) is 0 Å². The van der Waals surface area contributed by atoms with E-state index in [-0.39, 0.29) is 0 Å². The van der Waals surface area contributed by atoms with Crippen molar-refractivity contribution in [2.24, 2.45) is 0 Å². The summed E-state index contributed by atoms with van der Waals surface area (Å²) in [6.07, 6.45) is 6.19. The van der Waals surface area contributed by atoms with Crippen LogP contribution >= 0.6 is 11.3 Å². The molecular formula is C13H23N3OS. The Morgan fingerprint density at radius 1 is 1.28 bits per heavy atom. The minimum atomic E-state index is 0.305. The zero-order valence-electron chi connectivity index (χ0n) is 11.4. The molecule has 1 saturated carbocycles. The van der Waals surface area contributed by atoms with E-state index in [0.717, 1.165) is 31.1 Å². The summed E-state index contributed by atoms with van der Waals surface area (Å²) >= 11 is 1.80. The fourth-order valence-electron chi connectivity index (χ4n) is 2.46. The highest BCUT2D eigenvalue weighted by molar-refractivity contribution is 7.11. The van der Waals surface area contributed by atoms with Crippen LogP contribution in [0.2, 0.25) is 0 Å². The molecule has 0 bridgehead atoms. The summed E-state index contributed by atoms with van der Waals surface area (Å²) < 4.78 is 4.99. The van der Waals surface area contributed by atoms with Crippen LogP contribution in [0.15, 0.2) is 0 Å². The third-order valence-electron chi connectivity index (χ3n) is 3.69. The fourth-order valence-corrected chi connectivity index (χ4v) is 3.50. The Morgan fingerprint density at radius 2 is 2.06 bits per heavy atom. The first-order chi connectivity index (χ1) is 8.74. The molecule has 1 heterocycles. The summed E-state index contributed by atoms with van der Waals surface area (Å²) in [4.78, 5) is 0. The highest BCUT2D eigenvalue weighted by atomic mass is 32.1. The molecule has 1 N–H and O–H groups in total. The number of hydrogen-bond acceptors (Lipinski definition) is 5. The van der Waals surface area contributed by atoms with Gasteiger partial charge < -0.3 is 10.1 Å². The standard InChI is InChI=1S/C13H23N3OS/c1-13(6-3-4-7-13)12-16-15-11(18-12)5-8-14-9-10-17-2/h14H,3-10H2,1-2H3. The van der Waals surface area contributed by atoms with Crippen LogP contribution in [0.5, 0.6) is 0 Å². The van der Waals surface area contributed by atoms with Gasteiger partial charge in [0, 0.05) is 32.0 Å². The molecule has 5 heteroatoms. The molecule has 1 aromatic rings. The molecule has 102 valence electrons. The summed E-state index contributed by atoms with van der Waals surface area (Å²) in [5.74, 6) is 0. The van der Waals surface area contributed by atoms with Gasteiger partial charge in [-0.25, -0.2) is 0 Å². The van der Waals surface area contributed by atoms with Gasteiger partial charge in [0.1, 0.15) is 10.0 Å². The predicted octanol–water partition coefficient (Wildman–Crippen LogP) is 2.15. The second-order valence-corrected chi connectivity index (χ2v) is 6.32. The lowest BCUT2D eigenvalue weighted by Gasteiger charge is -2.18. The molecule has 0 amide bonds. The van der Waals surface area contributed by atoms with Gasteiger partial charge in [-0.05, 0) is 12.8 Å². The van der Waals surface area contributed by atoms with Gasteiger partial charge >= 0.3 is 0 Å². The van der Waals surface area contributed by atoms with E-state index in [1.54, 1.807) is 18.4 Å². The summed E-state index contributed by atoms with van der Waals surface area (Å²) in [7, 11) is 1.72. The quantitative estimate of drug-likeness (QED) is 0.771. The van der Waals surface area contributed by atoms with E-state index < -0.39 is 0 Å². The second-order valence-electron chi connectivity index (χ2n) is 5.26. The Bertz CT molecular complexity index is 361. The van der Waals surface area contributed by atoms with Crippen molar-refractivity contribution in [2.75, 3.05) is 26.8 Å². The molecule has 18 heavy (non-hydrogen) atoms. The van der Waals surface area contributed by atoms with E-state index in [4.69, 9.17) is 4.74 Å². The molecule has 0 aliphatic heterocycles. The summed E-state index contributed by atoms with van der Waals surface area (Å²) in [5.41, 5.74) is 0.305. The number of nitrogens with zero attached hydrogens (tertiary/aromatic N) is 2. The molecule has 2 rings (SSSR count). The Hall–Kier alpha value is -0.520. The van der Waals surface area contributed by atoms with Crippen LogP contribution in [0.1, 0.15) is 42.6 Å². The molecule has 0 unspecified atom stereocenters. The predicted molar refractivity (Wildman–Crippen MR) is 74.2 cm³/mol. The van der Waals surface area contributed by atoms with Crippen molar-refractivity contribution in [1.29, 1.82) is 0 Å². The molecule has 1 aromatic heterocycles. The zero-order chi connectivity index (χ0) is 12.8. The smallest absolute Gasteiger partial charge is 0.123 e. The maximum absolute atomic E-state index is 4.99. The number of ether oxygens (including phenoxy) is 1. The maximum Gasteiger partial charge on any atom is 0.123 e. The summed E-state index contributed by atoms with van der Waals surface area (Å²) in [6, 6.07) is 0. The highest BCUT2D eigenvalue weighted by Crippen LogP contribution is 2.41. The van der Waals surface area contributed by atoms with Crippen LogP contribution in [0.3, 0.4) is 0 Å². The molecule has 0 saturated heterocycles. The number of rotatable bonds is 7. The van der Waals surface area contributed by atoms with Gasteiger partial charge in [-0.1, -0.05) is 19.8 Å². The molecule has 1 fully saturated rings. The minimum absolute atomic E-state index is 0.305. The second kappa shape index (κ2) is 6.59. The van der Waals surface area contributed by atoms with Gasteiger partial charge in [0.15, 0.2) is 0 Å². The Balaban J connectivity index is 1.79. The maximum atomic E-state index is 4.99. The fraction of sp³-hybridized carbons (Fsp3) is 0.846. The lowest BCUT2D eigenvalue weighted by Crippen LogP contribution is -2.21. The molecular weight excluding hydrogens is 246 g/mol. The van der Waals surface area contributed by atoms with Gasteiger partial charge in [0.05, 0.1) is 6.61 Å². The van der Waals surface area contributed by atoms with Crippen molar-refractivity contribution in [2.45, 2.75) is 44.4 Å². The van der Waals surface area contributed by atoms with Crippen LogP contribution in [0.4, 0.5) is 0 Å². The van der Waals surface area contributed by atoms with Gasteiger partial charge in [0.2, 0.25) is 0 Å². The number of hydrogen-bond donors (Lipinski definition) is 1. The van der Waals surface area contributed by atoms with E-state index >= 15 is 0 Å². The Morgan fingerprint density at radius 3 is 2.78 bits per heavy atom. The van der Waals surface area contributed by atoms with E-state index in [2.05, 4.69) is 22.4 Å². The van der Waals surface area contributed by atoms with E-state index in [0.29, 0.717) is 5.41 Å². The third-order valence-corrected chi connectivity index (χ3v) is 4.98. The topological polar surface area (TPSA) is 47.0 Å². The van der Waals surface area contributed by atoms with Gasteiger partial charge in [-0.3, -0.25) is 0 Å². The molecule has 4 nitrogen and oxygen atoms in total. The van der Waals surface area contributed by atoms with E-state index in [1.807, 2.05) is 0 Å². The molecule has 0 radical (unpaired) electrons. The van der Waals surface area contributed by atoms with Gasteiger partial charge in [-0.2, -0.15) is 0 Å². The van der Waals surface area contributed by atoms with E-state index in [9.17, 15) is 0 Å². The first kappa shape index (κ1) is 13.9. The Kier molecular flexibility index (Phi) is 5.09. The Labute approximate surface area is 113 Å². The lowest BCUT2D eigenvalue weighted by molar-refractivity contribution is 0.199. The summed E-state index contributed by atoms with van der Waals surface area (Å²) in [5, 5.41) is 14.5. The number of aromatic nitrogens is 2. The van der Waals surface area contributed by atoms with Gasteiger partial charge in [-0.15, -0.1) is 21.5 Å². The molecule has 0 aromatic carbocycles. The number of methoxy groups -OCH3 is 1. The minimum Gasteiger partial charge on any atom is -0.383 e. The molecule has 0 spiro atoms. The number of nitrogens with one attached hydrogen (secondary N) is 1. The van der Waals surface area contributed by atoms with E-state index in [1.165, 1.54) is 30.7 Å². The van der Waals surface area contributed by atoms with Crippen molar-refractivity contribution >= 4 is 11.3 Å². The van der Waals surface area contributed by atoms with Crippen molar-refractivity contribution in [3.63, 3.8) is 0 Å². The highest BCUT2D eigenvalue weighted by Gasteiger charge is 2.33. The SMILES string of the molecule is COCCNCCc1nnc(C2(C)CCCC2)s1. The van der Waals surface area contributed by atoms with Crippen LogP contribution in [-0.2, 0) is 16.6 Å². The van der Waals surface area contributed by atoms with Crippen LogP contribution in [0.25, 0.3) is 0 Å². The zero-order valence-corrected chi connectivity index (χ0v) is 12.2. The van der Waals surface area contributed by atoms with Crippen molar-refractivity contribution in [1.82, 2.24) is 15.5 Å². The van der Waals surface area contributed by atoms with Crippen LogP contribution in [-0.4, -0.2) is 37.0 Å². The monoisotopic (exact) mass is 269 g/mol. The molecule has 1 aliphatic rings. The molecule has 1 aliphatic carbocycles. The lowest BCUT2D eigenvalue weighted by atomic mass is 9.90. The third kappa shape index (κ3) is 3.49. The molecule has 0 atom stereocenters. The van der Waals surface area contributed by atoms with Gasteiger partial charge in [0.25, 0.3) is 0 Å². The van der Waals surface area contributed by atoms with Crippen molar-refractivity contribution < 1.29 is 4.74 Å². The summed E-state index contributed by atoms with van der Waals surface area (Å²) in [6.45, 7) is 4.95. The normalized spacial score (nSPS) is 18.3. The van der Waals surface area contributed by atoms with Crippen molar-refractivity contribution in [3.05, 3.63) is 10.0 Å². The first-order valence-corrected chi connectivity index (χ1v) is 7.59. The van der Waals surface area contributed by atoms with Crippen LogP contribution < -0.4 is 5.32 Å². The van der Waals surface area contributed by atoms with Crippen molar-refractivity contribution in [3.8, 4) is 0 Å². The average molecular weight is 269 g/mol. The first-order valence-electron chi connectivity index (χ1n) is 6.77.